The van der Waals surface area contributed by atoms with Crippen LogP contribution in [0.15, 0.2) is 24.3 Å². The fourth-order valence-corrected chi connectivity index (χ4v) is 6.21. The van der Waals surface area contributed by atoms with Gasteiger partial charge in [-0.25, -0.2) is 0 Å². The van der Waals surface area contributed by atoms with Crippen LogP contribution >= 0.6 is 11.8 Å². The largest absolute Gasteiger partial charge is 0.353 e. The number of amides is 5. The molecule has 2 N–H and O–H groups in total. The average molecular weight is 559 g/mol. The third-order valence-corrected chi connectivity index (χ3v) is 7.79. The maximum Gasteiger partial charge on any atom is 0.261 e. The van der Waals surface area contributed by atoms with Gasteiger partial charge in [-0.2, -0.15) is 0 Å². The average Bonchev–Trinajstić information content (AvgIpc) is 3.39. The van der Waals surface area contributed by atoms with Crippen LogP contribution in [0.25, 0.3) is 0 Å². The Morgan fingerprint density at radius 1 is 1.00 bits per heavy atom. The number of likely N-dealkylation sites (tertiary alicyclic amines) is 1. The van der Waals surface area contributed by atoms with E-state index in [4.69, 9.17) is 0 Å². The van der Waals surface area contributed by atoms with Crippen molar-refractivity contribution < 1.29 is 28.8 Å². The van der Waals surface area contributed by atoms with Crippen LogP contribution in [-0.4, -0.2) is 75.5 Å². The van der Waals surface area contributed by atoms with Crippen LogP contribution in [0.1, 0.15) is 86.4 Å². The number of unbranched alkanes of at least 4 members (excludes halogenated alkanes) is 1. The van der Waals surface area contributed by atoms with E-state index in [1.54, 1.807) is 29.2 Å². The summed E-state index contributed by atoms with van der Waals surface area (Å²) < 4.78 is 0. The van der Waals surface area contributed by atoms with Gasteiger partial charge in [0.2, 0.25) is 11.8 Å². The van der Waals surface area contributed by atoms with Crippen LogP contribution in [0.3, 0.4) is 0 Å². The van der Waals surface area contributed by atoms with Crippen molar-refractivity contribution in [2.75, 3.05) is 26.2 Å². The van der Waals surface area contributed by atoms with Crippen molar-refractivity contribution in [1.82, 2.24) is 20.4 Å². The highest BCUT2D eigenvalue weighted by molar-refractivity contribution is 8.15. The molecule has 1 aromatic carbocycles. The van der Waals surface area contributed by atoms with E-state index in [2.05, 4.69) is 10.6 Å². The summed E-state index contributed by atoms with van der Waals surface area (Å²) in [7, 11) is 0. The number of hydrogen-bond acceptors (Lipinski definition) is 7. The maximum absolute atomic E-state index is 13.4. The highest BCUT2D eigenvalue weighted by atomic mass is 32.2. The Hall–Kier alpha value is -3.21. The summed E-state index contributed by atoms with van der Waals surface area (Å²) >= 11 is 0.804. The molecule has 1 atom stereocenters. The van der Waals surface area contributed by atoms with Crippen LogP contribution in [-0.2, 0) is 19.2 Å². The van der Waals surface area contributed by atoms with Gasteiger partial charge >= 0.3 is 0 Å². The summed E-state index contributed by atoms with van der Waals surface area (Å²) in [6.45, 7) is 6.98. The number of imide groups is 1. The van der Waals surface area contributed by atoms with E-state index >= 15 is 0 Å². The Morgan fingerprint density at radius 3 is 2.23 bits per heavy atom. The standard InChI is InChI=1S/C28H38N4O6S/c1-19(2)18-28(39-20(3)33,27(38)29-14-9-16-31-15-8-13-24(31)35)30-23(34)12-6-7-17-32-25(36)21-10-4-5-11-22(21)26(32)37/h4-5,10-11,19H,6-9,12-18H2,1-3H3,(H,29,38)(H,30,34)/t28-/m1/s1. The fraction of sp³-hybridized carbons (Fsp3) is 0.571. The van der Waals surface area contributed by atoms with Crippen LogP contribution in [0.2, 0.25) is 0 Å². The summed E-state index contributed by atoms with van der Waals surface area (Å²) in [5, 5.41) is 5.38. The van der Waals surface area contributed by atoms with E-state index in [1.807, 2.05) is 13.8 Å². The molecule has 0 aliphatic carbocycles. The number of nitrogens with zero attached hydrogens (tertiary/aromatic N) is 2. The predicted octanol–water partition coefficient (Wildman–Crippen LogP) is 2.72. The van der Waals surface area contributed by atoms with Gasteiger partial charge in [0.05, 0.1) is 11.1 Å². The minimum Gasteiger partial charge on any atom is -0.353 e. The van der Waals surface area contributed by atoms with Crippen molar-refractivity contribution >= 4 is 46.4 Å². The Labute approximate surface area is 233 Å². The molecule has 10 nitrogen and oxygen atoms in total. The Morgan fingerprint density at radius 2 is 1.67 bits per heavy atom. The van der Waals surface area contributed by atoms with Crippen molar-refractivity contribution in [3.8, 4) is 0 Å². The lowest BCUT2D eigenvalue weighted by Crippen LogP contribution is -2.58. The summed E-state index contributed by atoms with van der Waals surface area (Å²) in [5.41, 5.74) is 0.774. The van der Waals surface area contributed by atoms with Gasteiger partial charge in [-0.15, -0.1) is 0 Å². The summed E-state index contributed by atoms with van der Waals surface area (Å²) in [6.07, 6.45) is 3.14. The molecule has 11 heteroatoms. The molecule has 2 aliphatic rings. The number of nitrogens with one attached hydrogen (secondary N) is 2. The molecule has 0 unspecified atom stereocenters. The van der Waals surface area contributed by atoms with Crippen LogP contribution < -0.4 is 10.6 Å². The van der Waals surface area contributed by atoms with E-state index in [9.17, 15) is 28.8 Å². The first-order valence-electron chi connectivity index (χ1n) is 13.6. The van der Waals surface area contributed by atoms with Crippen molar-refractivity contribution in [2.45, 2.75) is 70.6 Å². The minimum atomic E-state index is -1.46. The lowest BCUT2D eigenvalue weighted by Gasteiger charge is -2.33. The molecule has 3 rings (SSSR count). The molecule has 0 spiro atoms. The number of carbonyl (C=O) groups is 6. The van der Waals surface area contributed by atoms with E-state index in [-0.39, 0.29) is 54.0 Å². The zero-order chi connectivity index (χ0) is 28.6. The van der Waals surface area contributed by atoms with Crippen molar-refractivity contribution in [3.63, 3.8) is 0 Å². The number of fused-ring (bicyclic) bond motifs is 1. The topological polar surface area (TPSA) is 133 Å². The van der Waals surface area contributed by atoms with Gasteiger partial charge in [-0.05, 0) is 50.2 Å². The summed E-state index contributed by atoms with van der Waals surface area (Å²) in [4.78, 5) is 76.8. The summed E-state index contributed by atoms with van der Waals surface area (Å²) in [6, 6.07) is 6.68. The first-order valence-corrected chi connectivity index (χ1v) is 14.4. The van der Waals surface area contributed by atoms with Gasteiger partial charge in [-0.3, -0.25) is 33.7 Å². The molecule has 1 fully saturated rings. The van der Waals surface area contributed by atoms with Crippen molar-refractivity contribution in [1.29, 1.82) is 0 Å². The highest BCUT2D eigenvalue weighted by Crippen LogP contribution is 2.31. The number of carbonyl (C=O) groups excluding carboxylic acids is 6. The smallest absolute Gasteiger partial charge is 0.261 e. The van der Waals surface area contributed by atoms with E-state index in [0.717, 1.165) is 24.7 Å². The Kier molecular flexibility index (Phi) is 10.7. The maximum atomic E-state index is 13.4. The molecule has 39 heavy (non-hydrogen) atoms. The van der Waals surface area contributed by atoms with E-state index in [0.29, 0.717) is 49.9 Å². The number of thioether (sulfide) groups is 1. The molecule has 2 aliphatic heterocycles. The molecule has 1 aromatic rings. The third-order valence-electron chi connectivity index (χ3n) is 6.70. The molecule has 0 radical (unpaired) electrons. The molecule has 0 saturated carbocycles. The van der Waals surface area contributed by atoms with E-state index < -0.39 is 10.8 Å². The normalized spacial score (nSPS) is 16.5. The first kappa shape index (κ1) is 30.3. The lowest BCUT2D eigenvalue weighted by atomic mass is 10.0. The number of rotatable bonds is 14. The second-order valence-electron chi connectivity index (χ2n) is 10.4. The predicted molar refractivity (Wildman–Crippen MR) is 148 cm³/mol. The van der Waals surface area contributed by atoms with Crippen LogP contribution in [0.4, 0.5) is 0 Å². The van der Waals surface area contributed by atoms with Crippen molar-refractivity contribution in [3.05, 3.63) is 35.4 Å². The molecule has 2 heterocycles. The molecular weight excluding hydrogens is 520 g/mol. The zero-order valence-electron chi connectivity index (χ0n) is 22.9. The van der Waals surface area contributed by atoms with Gasteiger partial charge in [0, 0.05) is 45.9 Å². The lowest BCUT2D eigenvalue weighted by molar-refractivity contribution is -0.131. The fourth-order valence-electron chi connectivity index (χ4n) is 4.97. The van der Waals surface area contributed by atoms with Gasteiger partial charge < -0.3 is 15.5 Å². The van der Waals surface area contributed by atoms with Crippen molar-refractivity contribution in [2.24, 2.45) is 5.92 Å². The second-order valence-corrected chi connectivity index (χ2v) is 11.9. The second kappa shape index (κ2) is 13.7. The molecule has 212 valence electrons. The van der Waals surface area contributed by atoms with Gasteiger partial charge in [0.15, 0.2) is 9.99 Å². The third kappa shape index (κ3) is 7.90. The number of hydrogen-bond donors (Lipinski definition) is 2. The van der Waals surface area contributed by atoms with Gasteiger partial charge in [0.25, 0.3) is 17.7 Å². The molecular formula is C28H38N4O6S. The SMILES string of the molecule is CC(=O)S[C@@](CC(C)C)(NC(=O)CCCCN1C(=O)c2ccccc2C1=O)C(=O)NCCCN1CCCC1=O. The van der Waals surface area contributed by atoms with Crippen LogP contribution in [0, 0.1) is 5.92 Å². The molecule has 0 bridgehead atoms. The molecule has 1 saturated heterocycles. The summed E-state index contributed by atoms with van der Waals surface area (Å²) in [5.74, 6) is -1.36. The van der Waals surface area contributed by atoms with Gasteiger partial charge in [0.1, 0.15) is 0 Å². The minimum absolute atomic E-state index is 0.0129. The quantitative estimate of drug-likeness (QED) is 0.204. The van der Waals surface area contributed by atoms with Crippen LogP contribution in [0.5, 0.6) is 0 Å². The Balaban J connectivity index is 1.54. The first-order chi connectivity index (χ1) is 18.5. The highest BCUT2D eigenvalue weighted by Gasteiger charge is 2.42. The molecule has 5 amide bonds. The Bertz CT molecular complexity index is 1090. The molecule has 0 aromatic heterocycles. The number of benzene rings is 1. The zero-order valence-corrected chi connectivity index (χ0v) is 23.7. The van der Waals surface area contributed by atoms with Gasteiger partial charge in [-0.1, -0.05) is 37.7 Å². The monoisotopic (exact) mass is 558 g/mol. The van der Waals surface area contributed by atoms with E-state index in [1.165, 1.54) is 11.8 Å².